The summed E-state index contributed by atoms with van der Waals surface area (Å²) < 4.78 is 34.5. The van der Waals surface area contributed by atoms with Gasteiger partial charge in [0, 0.05) is 5.54 Å². The Morgan fingerprint density at radius 1 is 1.27 bits per heavy atom. The molecule has 0 aromatic carbocycles. The number of rotatable bonds is 2. The molecule has 0 unspecified atom stereocenters. The van der Waals surface area contributed by atoms with E-state index in [0.717, 1.165) is 6.08 Å². The Balaban J connectivity index is 0. The van der Waals surface area contributed by atoms with E-state index < -0.39 is 12.5 Å². The van der Waals surface area contributed by atoms with Crippen LogP contribution >= 0.6 is 0 Å². The van der Waals surface area contributed by atoms with Crippen LogP contribution in [0.25, 0.3) is 0 Å². The summed E-state index contributed by atoms with van der Waals surface area (Å²) in [6.45, 7) is -1.82. The van der Waals surface area contributed by atoms with Gasteiger partial charge < -0.3 is 18.7 Å². The maximum absolute atomic E-state index is 11.5. The van der Waals surface area contributed by atoms with Gasteiger partial charge in [0.05, 0.1) is 0 Å². The molecule has 0 aromatic rings. The standard InChI is InChI=1S/C5H10BF3N.K/c1-5(2,10)3-4-6(7,8)9;/h3-4H,10H2,1-2H3;/q-1;+1/b4-3+;. The first-order chi connectivity index (χ1) is 4.21. The van der Waals surface area contributed by atoms with Crippen molar-refractivity contribution in [2.45, 2.75) is 19.4 Å². The van der Waals surface area contributed by atoms with Crippen molar-refractivity contribution in [2.75, 3.05) is 0 Å². The second-order valence-electron chi connectivity index (χ2n) is 2.81. The van der Waals surface area contributed by atoms with Crippen LogP contribution in [0.3, 0.4) is 0 Å². The molecule has 0 fully saturated rings. The number of halogens is 3. The van der Waals surface area contributed by atoms with Gasteiger partial charge in [-0.3, -0.25) is 0 Å². The summed E-state index contributed by atoms with van der Waals surface area (Å²) in [7, 11) is 0. The van der Waals surface area contributed by atoms with Gasteiger partial charge in [0.2, 0.25) is 0 Å². The quantitative estimate of drug-likeness (QED) is 0.538. The fourth-order valence-electron chi connectivity index (χ4n) is 0.357. The Bertz CT molecular complexity index is 122. The average Bonchev–Trinajstić information content (AvgIpc) is 1.57. The van der Waals surface area contributed by atoms with Gasteiger partial charge >= 0.3 is 58.4 Å². The van der Waals surface area contributed by atoms with Gasteiger partial charge in [-0.2, -0.15) is 0 Å². The third-order valence-corrected chi connectivity index (χ3v) is 0.744. The van der Waals surface area contributed by atoms with Gasteiger partial charge in [0.15, 0.2) is 0 Å². The average molecular weight is 191 g/mol. The van der Waals surface area contributed by atoms with Crippen molar-refractivity contribution in [3.8, 4) is 0 Å². The molecule has 60 valence electrons. The number of nitrogens with two attached hydrogens (primary N) is 1. The summed E-state index contributed by atoms with van der Waals surface area (Å²) in [5.74, 6) is 0.208. The molecule has 0 amide bonds. The fraction of sp³-hybridized carbons (Fsp3) is 0.600. The summed E-state index contributed by atoms with van der Waals surface area (Å²) >= 11 is 0. The molecule has 0 rings (SSSR count). The second-order valence-corrected chi connectivity index (χ2v) is 2.81. The monoisotopic (exact) mass is 191 g/mol. The molecular weight excluding hydrogens is 181 g/mol. The van der Waals surface area contributed by atoms with Crippen molar-refractivity contribution in [1.82, 2.24) is 0 Å². The molecule has 0 spiro atoms. The Hall–Kier alpha value is 1.19. The number of hydrogen-bond acceptors (Lipinski definition) is 1. The minimum atomic E-state index is -4.83. The molecule has 0 aliphatic heterocycles. The summed E-state index contributed by atoms with van der Waals surface area (Å²) in [5.41, 5.74) is 4.39. The van der Waals surface area contributed by atoms with Crippen LogP contribution in [0.4, 0.5) is 12.9 Å². The largest absolute Gasteiger partial charge is 1.00 e. The Morgan fingerprint density at radius 3 is 1.73 bits per heavy atom. The van der Waals surface area contributed by atoms with Gasteiger partial charge in [-0.05, 0) is 13.8 Å². The Labute approximate surface area is 107 Å². The molecular formula is C5H10BF3KN. The molecule has 0 saturated heterocycles. The van der Waals surface area contributed by atoms with E-state index in [1.807, 2.05) is 0 Å². The molecule has 0 bridgehead atoms. The van der Waals surface area contributed by atoms with E-state index >= 15 is 0 Å². The van der Waals surface area contributed by atoms with E-state index in [2.05, 4.69) is 0 Å². The van der Waals surface area contributed by atoms with E-state index in [0.29, 0.717) is 0 Å². The van der Waals surface area contributed by atoms with Gasteiger partial charge in [0.25, 0.3) is 0 Å². The summed E-state index contributed by atoms with van der Waals surface area (Å²) in [6, 6.07) is 0. The number of hydrogen-bond donors (Lipinski definition) is 1. The van der Waals surface area contributed by atoms with Crippen LogP contribution in [0, 0.1) is 0 Å². The topological polar surface area (TPSA) is 26.0 Å². The van der Waals surface area contributed by atoms with Crippen LogP contribution < -0.4 is 57.1 Å². The summed E-state index contributed by atoms with van der Waals surface area (Å²) in [4.78, 5) is 0. The van der Waals surface area contributed by atoms with E-state index in [1.54, 1.807) is 0 Å². The molecule has 0 atom stereocenters. The zero-order valence-electron chi connectivity index (χ0n) is 6.94. The molecule has 0 saturated carbocycles. The van der Waals surface area contributed by atoms with Gasteiger partial charge in [-0.1, -0.05) is 6.08 Å². The van der Waals surface area contributed by atoms with Crippen molar-refractivity contribution in [1.29, 1.82) is 0 Å². The van der Waals surface area contributed by atoms with Crippen LogP contribution in [0.5, 0.6) is 0 Å². The van der Waals surface area contributed by atoms with Gasteiger partial charge in [-0.25, -0.2) is 0 Å². The van der Waals surface area contributed by atoms with Crippen molar-refractivity contribution in [2.24, 2.45) is 5.73 Å². The first-order valence-electron chi connectivity index (χ1n) is 2.90. The van der Waals surface area contributed by atoms with Crippen molar-refractivity contribution < 1.29 is 64.3 Å². The van der Waals surface area contributed by atoms with E-state index in [9.17, 15) is 12.9 Å². The third-order valence-electron chi connectivity index (χ3n) is 0.744. The molecule has 0 aliphatic carbocycles. The maximum Gasteiger partial charge on any atom is 1.00 e. The Kier molecular flexibility index (Phi) is 6.73. The van der Waals surface area contributed by atoms with Crippen LogP contribution in [-0.2, 0) is 0 Å². The molecule has 0 radical (unpaired) electrons. The molecule has 11 heavy (non-hydrogen) atoms. The smallest absolute Gasteiger partial charge is 0.445 e. The Morgan fingerprint density at radius 2 is 1.64 bits per heavy atom. The van der Waals surface area contributed by atoms with Crippen LogP contribution in [0.15, 0.2) is 12.1 Å². The normalized spacial score (nSPS) is 13.3. The summed E-state index contributed by atoms with van der Waals surface area (Å²) in [6.07, 6.45) is 0.951. The molecule has 1 nitrogen and oxygen atoms in total. The van der Waals surface area contributed by atoms with Crippen molar-refractivity contribution >= 4 is 6.98 Å². The fourth-order valence-corrected chi connectivity index (χ4v) is 0.357. The first kappa shape index (κ1) is 14.7. The molecule has 0 aromatic heterocycles. The van der Waals surface area contributed by atoms with E-state index in [4.69, 9.17) is 5.73 Å². The third kappa shape index (κ3) is 14.1. The zero-order valence-corrected chi connectivity index (χ0v) is 10.1. The second kappa shape index (κ2) is 5.04. The predicted octanol–water partition coefficient (Wildman–Crippen LogP) is -1.33. The van der Waals surface area contributed by atoms with E-state index in [1.165, 1.54) is 13.8 Å². The van der Waals surface area contributed by atoms with Gasteiger partial charge in [0.1, 0.15) is 0 Å². The summed E-state index contributed by atoms with van der Waals surface area (Å²) in [5, 5.41) is 0. The van der Waals surface area contributed by atoms with Crippen LogP contribution in [0.1, 0.15) is 13.8 Å². The minimum absolute atomic E-state index is 0. The van der Waals surface area contributed by atoms with Crippen molar-refractivity contribution in [3.63, 3.8) is 0 Å². The van der Waals surface area contributed by atoms with Crippen LogP contribution in [0.2, 0.25) is 0 Å². The minimum Gasteiger partial charge on any atom is -0.445 e. The SMILES string of the molecule is CC(C)(N)/C=C/[B-](F)(F)F.[K+]. The van der Waals surface area contributed by atoms with Crippen molar-refractivity contribution in [3.05, 3.63) is 12.1 Å². The molecule has 6 heteroatoms. The zero-order chi connectivity index (χ0) is 8.41. The molecule has 2 N–H and O–H groups in total. The predicted molar refractivity (Wildman–Crippen MR) is 36.5 cm³/mol. The molecule has 0 heterocycles. The molecule has 0 aliphatic rings. The van der Waals surface area contributed by atoms with E-state index in [-0.39, 0.29) is 57.4 Å². The maximum atomic E-state index is 11.5. The first-order valence-corrected chi connectivity index (χ1v) is 2.90. The van der Waals surface area contributed by atoms with Crippen LogP contribution in [-0.4, -0.2) is 12.5 Å². The van der Waals surface area contributed by atoms with Gasteiger partial charge in [-0.15, -0.1) is 5.98 Å².